The Morgan fingerprint density at radius 2 is 1.60 bits per heavy atom. The molecule has 0 saturated carbocycles. The second-order valence-electron chi connectivity index (χ2n) is 7.26. The molecular weight excluding hydrogens is 468 g/mol. The predicted octanol–water partition coefficient (Wildman–Crippen LogP) is 6.91. The number of nitro benzene ring substituents is 1. The number of carbonyl (C=O) groups is 1. The van der Waals surface area contributed by atoms with Crippen molar-refractivity contribution in [1.29, 1.82) is 0 Å². The highest BCUT2D eigenvalue weighted by Gasteiger charge is 2.22. The van der Waals surface area contributed by atoms with E-state index in [4.69, 9.17) is 0 Å². The normalized spacial score (nSPS) is 12.2. The number of nitrogens with zero attached hydrogens (tertiary/aromatic N) is 6. The van der Waals surface area contributed by atoms with Gasteiger partial charge < -0.3 is 5.11 Å². The van der Waals surface area contributed by atoms with Crippen LogP contribution in [-0.2, 0) is 11.2 Å². The summed E-state index contributed by atoms with van der Waals surface area (Å²) in [6, 6.07) is 21.4. The number of benzene rings is 3. The molecule has 174 valence electrons. The molecule has 4 aromatic rings. The standard InChI is InChI=1S/C24H18N6O4S/c31-23(32)20(14-17-6-4-5-9-22(17)30(33)34)28-29-24-25-21(15-35-24)16-10-12-19(13-11-16)27-26-18-7-2-1-3-8-18/h1-13,15,20H,14H2,(H,31,32). The smallest absolute Gasteiger partial charge is 0.330 e. The summed E-state index contributed by atoms with van der Waals surface area (Å²) in [6.45, 7) is 0. The summed E-state index contributed by atoms with van der Waals surface area (Å²) in [7, 11) is 0. The summed E-state index contributed by atoms with van der Waals surface area (Å²) in [5, 5.41) is 39.0. The molecular formula is C24H18N6O4S. The SMILES string of the molecule is O=C(O)C(Cc1ccccc1[N+](=O)[O-])N=Nc1nc(-c2ccc(N=Nc3ccccc3)cc2)cs1. The summed E-state index contributed by atoms with van der Waals surface area (Å²) in [5.74, 6) is -1.23. The molecule has 4 rings (SSSR count). The fourth-order valence-electron chi connectivity index (χ4n) is 3.12. The Bertz CT molecular complexity index is 1390. The Labute approximate surface area is 203 Å². The predicted molar refractivity (Wildman–Crippen MR) is 131 cm³/mol. The maximum absolute atomic E-state index is 11.7. The minimum atomic E-state index is -1.28. The number of hydrogen-bond acceptors (Lipinski definition) is 9. The number of aliphatic carboxylic acids is 1. The van der Waals surface area contributed by atoms with Gasteiger partial charge in [-0.3, -0.25) is 10.1 Å². The molecule has 35 heavy (non-hydrogen) atoms. The Morgan fingerprint density at radius 3 is 2.29 bits per heavy atom. The number of carboxylic acid groups (broad SMARTS) is 1. The first-order valence-electron chi connectivity index (χ1n) is 10.4. The molecule has 1 aromatic heterocycles. The van der Waals surface area contributed by atoms with Gasteiger partial charge in [0.25, 0.3) is 5.69 Å². The van der Waals surface area contributed by atoms with Crippen LogP contribution in [0.25, 0.3) is 11.3 Å². The van der Waals surface area contributed by atoms with Crippen molar-refractivity contribution in [3.05, 3.63) is 99.9 Å². The van der Waals surface area contributed by atoms with Gasteiger partial charge in [0, 0.05) is 29.0 Å². The Balaban J connectivity index is 1.45. The Hall–Kier alpha value is -4.64. The molecule has 0 amide bonds. The molecule has 11 heteroatoms. The minimum absolute atomic E-state index is 0.155. The average Bonchev–Trinajstić information content (AvgIpc) is 3.35. The van der Waals surface area contributed by atoms with E-state index in [9.17, 15) is 20.0 Å². The lowest BCUT2D eigenvalue weighted by Gasteiger charge is -2.06. The fraction of sp³-hybridized carbons (Fsp3) is 0.0833. The van der Waals surface area contributed by atoms with Gasteiger partial charge >= 0.3 is 5.97 Å². The minimum Gasteiger partial charge on any atom is -0.480 e. The van der Waals surface area contributed by atoms with Crippen molar-refractivity contribution >= 4 is 39.5 Å². The summed E-state index contributed by atoms with van der Waals surface area (Å²) in [5.41, 5.74) is 3.04. The lowest BCUT2D eigenvalue weighted by atomic mass is 10.0. The maximum atomic E-state index is 11.7. The first-order valence-corrected chi connectivity index (χ1v) is 11.3. The van der Waals surface area contributed by atoms with Gasteiger partial charge in [-0.15, -0.1) is 16.5 Å². The van der Waals surface area contributed by atoms with Crippen LogP contribution in [0.15, 0.2) is 105 Å². The molecule has 1 atom stereocenters. The van der Waals surface area contributed by atoms with Gasteiger partial charge in [-0.05, 0) is 24.3 Å². The largest absolute Gasteiger partial charge is 0.480 e. The van der Waals surface area contributed by atoms with Gasteiger partial charge in [0.05, 0.1) is 22.0 Å². The first kappa shape index (κ1) is 23.5. The van der Waals surface area contributed by atoms with Gasteiger partial charge in [0.15, 0.2) is 6.04 Å². The Kier molecular flexibility index (Phi) is 7.38. The lowest BCUT2D eigenvalue weighted by Crippen LogP contribution is -2.20. The zero-order valence-electron chi connectivity index (χ0n) is 18.1. The second kappa shape index (κ2) is 11.0. The van der Waals surface area contributed by atoms with Crippen molar-refractivity contribution in [2.45, 2.75) is 12.5 Å². The summed E-state index contributed by atoms with van der Waals surface area (Å²) >= 11 is 1.21. The number of carboxylic acids is 1. The monoisotopic (exact) mass is 486 g/mol. The van der Waals surface area contributed by atoms with Crippen LogP contribution in [0.4, 0.5) is 22.2 Å². The van der Waals surface area contributed by atoms with Crippen LogP contribution in [0.2, 0.25) is 0 Å². The van der Waals surface area contributed by atoms with Gasteiger partial charge in [-0.2, -0.15) is 15.3 Å². The lowest BCUT2D eigenvalue weighted by molar-refractivity contribution is -0.385. The average molecular weight is 487 g/mol. The van der Waals surface area contributed by atoms with Crippen LogP contribution < -0.4 is 0 Å². The molecule has 1 unspecified atom stereocenters. The van der Waals surface area contributed by atoms with Gasteiger partial charge in [0.1, 0.15) is 0 Å². The number of rotatable bonds is 9. The van der Waals surface area contributed by atoms with Gasteiger partial charge in [-0.25, -0.2) is 9.78 Å². The van der Waals surface area contributed by atoms with E-state index in [1.54, 1.807) is 11.4 Å². The molecule has 10 nitrogen and oxygen atoms in total. The van der Waals surface area contributed by atoms with Crippen LogP contribution in [0.5, 0.6) is 0 Å². The van der Waals surface area contributed by atoms with E-state index in [0.717, 1.165) is 11.3 Å². The molecule has 3 aromatic carbocycles. The number of aromatic nitrogens is 1. The molecule has 0 bridgehead atoms. The number of nitro groups is 1. The highest BCUT2D eigenvalue weighted by atomic mass is 32.1. The third-order valence-electron chi connectivity index (χ3n) is 4.86. The van der Waals surface area contributed by atoms with E-state index in [0.29, 0.717) is 11.4 Å². The van der Waals surface area contributed by atoms with Gasteiger partial charge in [-0.1, -0.05) is 48.5 Å². The first-order chi connectivity index (χ1) is 17.0. The van der Waals surface area contributed by atoms with Gasteiger partial charge in [0.2, 0.25) is 5.13 Å². The molecule has 0 radical (unpaired) electrons. The zero-order valence-corrected chi connectivity index (χ0v) is 18.9. The fourth-order valence-corrected chi connectivity index (χ4v) is 3.77. The topological polar surface area (TPSA) is 143 Å². The van der Waals surface area contributed by atoms with Crippen LogP contribution in [0.1, 0.15) is 5.56 Å². The summed E-state index contributed by atoms with van der Waals surface area (Å²) in [4.78, 5) is 26.7. The second-order valence-corrected chi connectivity index (χ2v) is 8.09. The third kappa shape index (κ3) is 6.24. The van der Waals surface area contributed by atoms with Crippen LogP contribution in [0.3, 0.4) is 0 Å². The quantitative estimate of drug-likeness (QED) is 0.155. The van der Waals surface area contributed by atoms with E-state index in [-0.39, 0.29) is 22.8 Å². The van der Waals surface area contributed by atoms with Crippen molar-refractivity contribution in [1.82, 2.24) is 4.98 Å². The van der Waals surface area contributed by atoms with E-state index in [1.165, 1.54) is 29.5 Å². The molecule has 1 N–H and O–H groups in total. The molecule has 0 aliphatic rings. The van der Waals surface area contributed by atoms with Crippen LogP contribution in [-0.4, -0.2) is 27.0 Å². The van der Waals surface area contributed by atoms with Crippen molar-refractivity contribution in [2.75, 3.05) is 0 Å². The number of para-hydroxylation sites is 1. The van der Waals surface area contributed by atoms with Crippen molar-refractivity contribution in [2.24, 2.45) is 20.5 Å². The molecule has 0 aliphatic heterocycles. The highest BCUT2D eigenvalue weighted by Crippen LogP contribution is 2.29. The van der Waals surface area contributed by atoms with E-state index < -0.39 is 16.9 Å². The van der Waals surface area contributed by atoms with Crippen LogP contribution in [0, 0.1) is 10.1 Å². The maximum Gasteiger partial charge on any atom is 0.330 e. The summed E-state index contributed by atoms with van der Waals surface area (Å²) < 4.78 is 0. The Morgan fingerprint density at radius 1 is 0.943 bits per heavy atom. The van der Waals surface area contributed by atoms with Crippen molar-refractivity contribution < 1.29 is 14.8 Å². The molecule has 0 saturated heterocycles. The molecule has 0 aliphatic carbocycles. The molecule has 0 spiro atoms. The third-order valence-corrected chi connectivity index (χ3v) is 5.59. The van der Waals surface area contributed by atoms with Crippen LogP contribution >= 0.6 is 11.3 Å². The van der Waals surface area contributed by atoms with Crippen molar-refractivity contribution in [3.63, 3.8) is 0 Å². The summed E-state index contributed by atoms with van der Waals surface area (Å²) in [6.07, 6.45) is -0.160. The van der Waals surface area contributed by atoms with E-state index in [2.05, 4.69) is 25.4 Å². The highest BCUT2D eigenvalue weighted by molar-refractivity contribution is 7.13. The molecule has 1 heterocycles. The molecule has 0 fully saturated rings. The number of hydrogen-bond donors (Lipinski definition) is 1. The van der Waals surface area contributed by atoms with E-state index in [1.807, 2.05) is 54.6 Å². The number of azo groups is 2. The number of thiazole rings is 1. The van der Waals surface area contributed by atoms with Crippen molar-refractivity contribution in [3.8, 4) is 11.3 Å². The zero-order chi connectivity index (χ0) is 24.6. The van der Waals surface area contributed by atoms with E-state index >= 15 is 0 Å².